The van der Waals surface area contributed by atoms with Gasteiger partial charge in [-0.15, -0.1) is 0 Å². The van der Waals surface area contributed by atoms with Crippen LogP contribution in [0.3, 0.4) is 0 Å². The molecule has 1 N–H and O–H groups in total. The molecular formula is C16H15NO3. The van der Waals surface area contributed by atoms with Crippen molar-refractivity contribution >= 4 is 18.1 Å². The number of pyridine rings is 1. The number of aromatic nitrogens is 1. The molecule has 2 aromatic rings. The lowest BCUT2D eigenvalue weighted by molar-refractivity contribution is -0.137. The molecule has 0 saturated carbocycles. The van der Waals surface area contributed by atoms with E-state index in [2.05, 4.69) is 0 Å². The summed E-state index contributed by atoms with van der Waals surface area (Å²) in [6.07, 6.45) is 5.25. The van der Waals surface area contributed by atoms with Gasteiger partial charge in [-0.25, -0.2) is 0 Å². The number of aliphatic carboxylic acids is 1. The van der Waals surface area contributed by atoms with Crippen LogP contribution in [0.1, 0.15) is 16.7 Å². The first-order valence-electron chi connectivity index (χ1n) is 6.21. The maximum atomic E-state index is 11.7. The van der Waals surface area contributed by atoms with E-state index < -0.39 is 5.97 Å². The predicted octanol–water partition coefficient (Wildman–Crippen LogP) is 2.41. The van der Waals surface area contributed by atoms with Crippen molar-refractivity contribution in [3.8, 4) is 0 Å². The van der Waals surface area contributed by atoms with Crippen molar-refractivity contribution in [1.29, 1.82) is 0 Å². The minimum Gasteiger partial charge on any atom is -0.480 e. The van der Waals surface area contributed by atoms with Gasteiger partial charge in [-0.1, -0.05) is 42.0 Å². The molecule has 0 bridgehead atoms. The molecule has 1 aromatic carbocycles. The summed E-state index contributed by atoms with van der Waals surface area (Å²) in [4.78, 5) is 22.3. The molecule has 0 aliphatic carbocycles. The Hall–Kier alpha value is -2.62. The minimum absolute atomic E-state index is 0.319. The minimum atomic E-state index is -1.03. The van der Waals surface area contributed by atoms with Gasteiger partial charge in [-0.3, -0.25) is 9.59 Å². The molecule has 0 aliphatic heterocycles. The predicted molar refractivity (Wildman–Crippen MR) is 78.4 cm³/mol. The number of hydrogen-bond donors (Lipinski definition) is 1. The SMILES string of the molecule is Cc1cccc(/C=C/c2ccn(CC(=O)O)c(=O)c2)c1. The van der Waals surface area contributed by atoms with Gasteiger partial charge in [0.05, 0.1) is 0 Å². The van der Waals surface area contributed by atoms with Crippen LogP contribution in [0, 0.1) is 6.92 Å². The van der Waals surface area contributed by atoms with E-state index in [1.165, 1.54) is 17.8 Å². The van der Waals surface area contributed by atoms with Gasteiger partial charge in [0, 0.05) is 12.3 Å². The highest BCUT2D eigenvalue weighted by atomic mass is 16.4. The molecule has 0 spiro atoms. The first-order chi connectivity index (χ1) is 9.54. The van der Waals surface area contributed by atoms with Gasteiger partial charge in [0.1, 0.15) is 6.54 Å². The molecule has 0 atom stereocenters. The zero-order valence-electron chi connectivity index (χ0n) is 11.1. The van der Waals surface area contributed by atoms with E-state index in [4.69, 9.17) is 5.11 Å². The second kappa shape index (κ2) is 6.02. The molecule has 0 amide bonds. The molecule has 20 heavy (non-hydrogen) atoms. The standard InChI is InChI=1S/C16H15NO3/c1-12-3-2-4-13(9-12)5-6-14-7-8-17(11-16(19)20)15(18)10-14/h2-10H,11H2,1H3,(H,19,20)/b6-5+. The molecule has 0 aliphatic rings. The van der Waals surface area contributed by atoms with Crippen molar-refractivity contribution in [2.75, 3.05) is 0 Å². The van der Waals surface area contributed by atoms with E-state index in [-0.39, 0.29) is 12.1 Å². The van der Waals surface area contributed by atoms with E-state index in [9.17, 15) is 9.59 Å². The van der Waals surface area contributed by atoms with E-state index in [1.807, 2.05) is 43.3 Å². The monoisotopic (exact) mass is 269 g/mol. The van der Waals surface area contributed by atoms with Gasteiger partial charge in [0.2, 0.25) is 0 Å². The summed E-state index contributed by atoms with van der Waals surface area (Å²) in [5.41, 5.74) is 2.65. The highest BCUT2D eigenvalue weighted by Gasteiger charge is 2.01. The first kappa shape index (κ1) is 13.8. The molecule has 1 heterocycles. The maximum absolute atomic E-state index is 11.7. The fraction of sp³-hybridized carbons (Fsp3) is 0.125. The number of benzene rings is 1. The molecule has 2 rings (SSSR count). The topological polar surface area (TPSA) is 59.3 Å². The Labute approximate surface area is 116 Å². The van der Waals surface area contributed by atoms with Gasteiger partial charge in [0.25, 0.3) is 5.56 Å². The van der Waals surface area contributed by atoms with E-state index >= 15 is 0 Å². The van der Waals surface area contributed by atoms with E-state index in [0.29, 0.717) is 0 Å². The summed E-state index contributed by atoms with van der Waals surface area (Å²) in [6, 6.07) is 11.2. The van der Waals surface area contributed by atoms with Crippen molar-refractivity contribution in [2.45, 2.75) is 13.5 Å². The summed E-state index contributed by atoms with van der Waals surface area (Å²) in [7, 11) is 0. The summed E-state index contributed by atoms with van der Waals surface area (Å²) in [6.45, 7) is 1.70. The average molecular weight is 269 g/mol. The fourth-order valence-electron chi connectivity index (χ4n) is 1.87. The summed E-state index contributed by atoms with van der Waals surface area (Å²) in [5.74, 6) is -1.03. The average Bonchev–Trinajstić information content (AvgIpc) is 2.39. The highest BCUT2D eigenvalue weighted by Crippen LogP contribution is 2.08. The Morgan fingerprint density at radius 3 is 2.50 bits per heavy atom. The lowest BCUT2D eigenvalue weighted by atomic mass is 10.1. The quantitative estimate of drug-likeness (QED) is 0.927. The van der Waals surface area contributed by atoms with Crippen LogP contribution in [0.4, 0.5) is 0 Å². The second-order valence-electron chi connectivity index (χ2n) is 4.57. The number of nitrogens with zero attached hydrogens (tertiary/aromatic N) is 1. The molecule has 0 radical (unpaired) electrons. The summed E-state index contributed by atoms with van der Waals surface area (Å²) in [5, 5.41) is 8.66. The van der Waals surface area contributed by atoms with E-state index in [0.717, 1.165) is 15.7 Å². The lowest BCUT2D eigenvalue weighted by Crippen LogP contribution is -2.22. The van der Waals surface area contributed by atoms with E-state index in [1.54, 1.807) is 6.07 Å². The zero-order valence-corrected chi connectivity index (χ0v) is 11.1. The molecule has 4 nitrogen and oxygen atoms in total. The molecule has 4 heteroatoms. The number of hydrogen-bond acceptors (Lipinski definition) is 2. The maximum Gasteiger partial charge on any atom is 0.323 e. The summed E-state index contributed by atoms with van der Waals surface area (Å²) < 4.78 is 1.16. The van der Waals surface area contributed by atoms with Crippen molar-refractivity contribution in [3.05, 3.63) is 69.6 Å². The van der Waals surface area contributed by atoms with Crippen LogP contribution in [0.2, 0.25) is 0 Å². The molecular weight excluding hydrogens is 254 g/mol. The zero-order chi connectivity index (χ0) is 14.5. The highest BCUT2D eigenvalue weighted by molar-refractivity contribution is 5.70. The smallest absolute Gasteiger partial charge is 0.323 e. The number of aryl methyl sites for hydroxylation is 1. The summed E-state index contributed by atoms with van der Waals surface area (Å²) >= 11 is 0. The molecule has 0 unspecified atom stereocenters. The third-order valence-electron chi connectivity index (χ3n) is 2.84. The van der Waals surface area contributed by atoms with Crippen molar-refractivity contribution in [3.63, 3.8) is 0 Å². The normalized spacial score (nSPS) is 10.8. The Morgan fingerprint density at radius 2 is 1.90 bits per heavy atom. The Balaban J connectivity index is 2.20. The fourth-order valence-corrected chi connectivity index (χ4v) is 1.87. The molecule has 0 fully saturated rings. The van der Waals surface area contributed by atoms with Crippen molar-refractivity contribution < 1.29 is 9.90 Å². The number of carbonyl (C=O) groups is 1. The van der Waals surface area contributed by atoms with Crippen LogP contribution < -0.4 is 5.56 Å². The third kappa shape index (κ3) is 3.68. The largest absolute Gasteiger partial charge is 0.480 e. The number of carboxylic acid groups (broad SMARTS) is 1. The van der Waals surface area contributed by atoms with Crippen LogP contribution in [0.5, 0.6) is 0 Å². The Morgan fingerprint density at radius 1 is 1.20 bits per heavy atom. The Bertz CT molecular complexity index is 714. The molecule has 0 saturated heterocycles. The van der Waals surface area contributed by atoms with Gasteiger partial charge in [-0.2, -0.15) is 0 Å². The van der Waals surface area contributed by atoms with Crippen molar-refractivity contribution in [2.24, 2.45) is 0 Å². The third-order valence-corrected chi connectivity index (χ3v) is 2.84. The van der Waals surface area contributed by atoms with Crippen LogP contribution in [-0.2, 0) is 11.3 Å². The molecule has 1 aromatic heterocycles. The van der Waals surface area contributed by atoms with Crippen LogP contribution in [0.25, 0.3) is 12.2 Å². The van der Waals surface area contributed by atoms with Gasteiger partial charge in [0.15, 0.2) is 0 Å². The van der Waals surface area contributed by atoms with Gasteiger partial charge >= 0.3 is 5.97 Å². The Kier molecular flexibility index (Phi) is 4.15. The van der Waals surface area contributed by atoms with Crippen LogP contribution in [0.15, 0.2) is 47.4 Å². The van der Waals surface area contributed by atoms with Gasteiger partial charge in [-0.05, 0) is 24.1 Å². The molecule has 102 valence electrons. The number of rotatable bonds is 4. The van der Waals surface area contributed by atoms with Crippen LogP contribution in [-0.4, -0.2) is 15.6 Å². The lowest BCUT2D eigenvalue weighted by Gasteiger charge is -2.02. The van der Waals surface area contributed by atoms with Crippen molar-refractivity contribution in [1.82, 2.24) is 4.57 Å². The van der Waals surface area contributed by atoms with Crippen LogP contribution >= 0.6 is 0 Å². The number of carboxylic acids is 1. The first-order valence-corrected chi connectivity index (χ1v) is 6.21. The second-order valence-corrected chi connectivity index (χ2v) is 4.57. The van der Waals surface area contributed by atoms with Gasteiger partial charge < -0.3 is 9.67 Å².